The summed E-state index contributed by atoms with van der Waals surface area (Å²) in [5.41, 5.74) is 3.12. The topological polar surface area (TPSA) is 94.8 Å². The second-order valence-corrected chi connectivity index (χ2v) is 8.18. The predicted molar refractivity (Wildman–Crippen MR) is 131 cm³/mol. The summed E-state index contributed by atoms with van der Waals surface area (Å²) in [5, 5.41) is 3.36. The Morgan fingerprint density at radius 2 is 1.51 bits per heavy atom. The molecular formula is C28H25NO6. The fourth-order valence-corrected chi connectivity index (χ4v) is 3.71. The zero-order valence-electron chi connectivity index (χ0n) is 19.7. The van der Waals surface area contributed by atoms with E-state index in [2.05, 4.69) is 5.32 Å². The Bertz CT molecular complexity index is 1430. The quantitative estimate of drug-likeness (QED) is 0.233. The molecule has 0 aliphatic heterocycles. The molecule has 178 valence electrons. The lowest BCUT2D eigenvalue weighted by Crippen LogP contribution is -2.36. The van der Waals surface area contributed by atoms with Crippen LogP contribution in [0.25, 0.3) is 11.0 Å². The van der Waals surface area contributed by atoms with Gasteiger partial charge >= 0.3 is 17.7 Å². The number of hydrogen-bond donors (Lipinski definition) is 1. The number of ether oxygens (including phenoxy) is 2. The predicted octanol–water partition coefficient (Wildman–Crippen LogP) is 5.29. The number of fused-ring (bicyclic) bond motifs is 1. The average Bonchev–Trinajstić information content (AvgIpc) is 2.87. The van der Waals surface area contributed by atoms with Crippen LogP contribution in [0, 0.1) is 20.8 Å². The van der Waals surface area contributed by atoms with Crippen LogP contribution in [0.4, 0.5) is 4.79 Å². The van der Waals surface area contributed by atoms with Gasteiger partial charge in [0.15, 0.2) is 6.04 Å². The van der Waals surface area contributed by atoms with Gasteiger partial charge in [-0.2, -0.15) is 0 Å². The van der Waals surface area contributed by atoms with Crippen molar-refractivity contribution in [1.29, 1.82) is 0 Å². The minimum atomic E-state index is -1.11. The first-order valence-electron chi connectivity index (χ1n) is 11.1. The highest BCUT2D eigenvalue weighted by Crippen LogP contribution is 2.30. The highest BCUT2D eigenvalue weighted by Gasteiger charge is 2.26. The Morgan fingerprint density at radius 1 is 0.857 bits per heavy atom. The summed E-state index contributed by atoms with van der Waals surface area (Å²) in [5.74, 6) is -0.476. The van der Waals surface area contributed by atoms with Crippen LogP contribution in [-0.2, 0) is 16.1 Å². The van der Waals surface area contributed by atoms with Crippen LogP contribution >= 0.6 is 0 Å². The Balaban J connectivity index is 1.57. The Labute approximate surface area is 202 Å². The highest BCUT2D eigenvalue weighted by molar-refractivity contribution is 5.88. The van der Waals surface area contributed by atoms with E-state index in [9.17, 15) is 14.4 Å². The zero-order valence-corrected chi connectivity index (χ0v) is 19.7. The third-order valence-electron chi connectivity index (χ3n) is 5.88. The van der Waals surface area contributed by atoms with Gasteiger partial charge in [0.25, 0.3) is 0 Å². The van der Waals surface area contributed by atoms with Gasteiger partial charge in [-0.3, -0.25) is 0 Å². The molecule has 0 fully saturated rings. The second-order valence-electron chi connectivity index (χ2n) is 8.18. The molecule has 0 radical (unpaired) electrons. The fourth-order valence-electron chi connectivity index (χ4n) is 3.71. The SMILES string of the molecule is Cc1c(C)c2ccc(OC(=O)[C@H](NC(=O)OCc3ccccc3)c3ccccc3)c(C)c2oc1=O. The third kappa shape index (κ3) is 5.24. The monoisotopic (exact) mass is 471 g/mol. The first-order valence-corrected chi connectivity index (χ1v) is 11.1. The number of hydrogen-bond acceptors (Lipinski definition) is 6. The van der Waals surface area contributed by atoms with E-state index in [1.165, 1.54) is 0 Å². The minimum Gasteiger partial charge on any atom is -0.445 e. The Hall–Kier alpha value is -4.39. The molecule has 0 saturated carbocycles. The van der Waals surface area contributed by atoms with E-state index >= 15 is 0 Å². The Morgan fingerprint density at radius 3 is 2.20 bits per heavy atom. The number of alkyl carbamates (subject to hydrolysis) is 1. The standard InChI is InChI=1S/C28H25NO6/c1-17-18(2)26(30)35-25-19(3)23(15-14-22(17)25)34-27(31)24(21-12-8-5-9-13-21)29-28(32)33-16-20-10-6-4-7-11-20/h4-15,24H,16H2,1-3H3,(H,29,32)/t24-/m1/s1. The number of amides is 1. The summed E-state index contributed by atoms with van der Waals surface area (Å²) in [6.45, 7) is 5.32. The van der Waals surface area contributed by atoms with Crippen LogP contribution in [0.2, 0.25) is 0 Å². The summed E-state index contributed by atoms with van der Waals surface area (Å²) in [6, 6.07) is 20.3. The van der Waals surface area contributed by atoms with Crippen LogP contribution in [0.1, 0.15) is 33.9 Å². The number of nitrogens with one attached hydrogen (secondary N) is 1. The second kappa shape index (κ2) is 10.3. The van der Waals surface area contributed by atoms with E-state index in [1.807, 2.05) is 37.3 Å². The van der Waals surface area contributed by atoms with Crippen molar-refractivity contribution in [2.45, 2.75) is 33.4 Å². The van der Waals surface area contributed by atoms with E-state index in [-0.39, 0.29) is 12.4 Å². The van der Waals surface area contributed by atoms with Gasteiger partial charge in [-0.05, 0) is 49.6 Å². The van der Waals surface area contributed by atoms with Gasteiger partial charge in [0.1, 0.15) is 17.9 Å². The van der Waals surface area contributed by atoms with Crippen molar-refractivity contribution in [1.82, 2.24) is 5.32 Å². The van der Waals surface area contributed by atoms with Crippen molar-refractivity contribution in [2.24, 2.45) is 0 Å². The number of aryl methyl sites for hydroxylation is 2. The van der Waals surface area contributed by atoms with Crippen molar-refractivity contribution in [2.75, 3.05) is 0 Å². The molecule has 4 aromatic rings. The normalized spacial score (nSPS) is 11.6. The van der Waals surface area contributed by atoms with Crippen molar-refractivity contribution < 1.29 is 23.5 Å². The molecule has 0 bridgehead atoms. The third-order valence-corrected chi connectivity index (χ3v) is 5.88. The van der Waals surface area contributed by atoms with E-state index < -0.39 is 23.7 Å². The van der Waals surface area contributed by atoms with Crippen LogP contribution in [0.15, 0.2) is 82.0 Å². The van der Waals surface area contributed by atoms with Crippen LogP contribution in [0.5, 0.6) is 5.75 Å². The van der Waals surface area contributed by atoms with Gasteiger partial charge in [0, 0.05) is 16.5 Å². The number of rotatable bonds is 6. The molecule has 3 aromatic carbocycles. The van der Waals surface area contributed by atoms with Gasteiger partial charge in [0.2, 0.25) is 0 Å². The molecule has 1 amide bonds. The van der Waals surface area contributed by atoms with E-state index in [0.29, 0.717) is 22.3 Å². The van der Waals surface area contributed by atoms with E-state index in [1.54, 1.807) is 56.3 Å². The summed E-state index contributed by atoms with van der Waals surface area (Å²) in [7, 11) is 0. The molecule has 35 heavy (non-hydrogen) atoms. The average molecular weight is 472 g/mol. The van der Waals surface area contributed by atoms with Gasteiger partial charge in [-0.15, -0.1) is 0 Å². The molecule has 1 aromatic heterocycles. The largest absolute Gasteiger partial charge is 0.445 e. The molecule has 0 aliphatic rings. The van der Waals surface area contributed by atoms with Crippen LogP contribution in [-0.4, -0.2) is 12.1 Å². The van der Waals surface area contributed by atoms with Gasteiger partial charge in [-0.25, -0.2) is 14.4 Å². The summed E-state index contributed by atoms with van der Waals surface area (Å²) in [6.07, 6.45) is -0.757. The molecular weight excluding hydrogens is 446 g/mol. The number of esters is 1. The highest BCUT2D eigenvalue weighted by atomic mass is 16.6. The minimum absolute atomic E-state index is 0.0603. The molecule has 7 heteroatoms. The summed E-state index contributed by atoms with van der Waals surface area (Å²) >= 11 is 0. The lowest BCUT2D eigenvalue weighted by atomic mass is 10.0. The fraction of sp³-hybridized carbons (Fsp3) is 0.179. The van der Waals surface area contributed by atoms with E-state index in [4.69, 9.17) is 13.9 Å². The molecule has 1 atom stereocenters. The Kier molecular flexibility index (Phi) is 6.96. The van der Waals surface area contributed by atoms with Crippen LogP contribution < -0.4 is 15.7 Å². The lowest BCUT2D eigenvalue weighted by Gasteiger charge is -2.19. The summed E-state index contributed by atoms with van der Waals surface area (Å²) < 4.78 is 16.4. The number of carbonyl (C=O) groups excluding carboxylic acids is 2. The summed E-state index contributed by atoms with van der Waals surface area (Å²) in [4.78, 5) is 37.9. The van der Waals surface area contributed by atoms with Gasteiger partial charge in [0.05, 0.1) is 0 Å². The number of carbonyl (C=O) groups is 2. The van der Waals surface area contributed by atoms with Gasteiger partial charge in [-0.1, -0.05) is 60.7 Å². The van der Waals surface area contributed by atoms with Crippen molar-refractivity contribution in [3.63, 3.8) is 0 Å². The number of benzene rings is 3. The molecule has 4 rings (SSSR count). The first-order chi connectivity index (χ1) is 16.8. The molecule has 0 spiro atoms. The van der Waals surface area contributed by atoms with Crippen molar-refractivity contribution >= 4 is 23.0 Å². The maximum atomic E-state index is 13.2. The molecule has 1 N–H and O–H groups in total. The van der Waals surface area contributed by atoms with Crippen molar-refractivity contribution in [3.8, 4) is 5.75 Å². The first kappa shape index (κ1) is 23.8. The lowest BCUT2D eigenvalue weighted by molar-refractivity contribution is -0.136. The molecule has 0 aliphatic carbocycles. The zero-order chi connectivity index (χ0) is 24.9. The molecule has 7 nitrogen and oxygen atoms in total. The molecule has 0 unspecified atom stereocenters. The van der Waals surface area contributed by atoms with Crippen LogP contribution in [0.3, 0.4) is 0 Å². The smallest absolute Gasteiger partial charge is 0.408 e. The van der Waals surface area contributed by atoms with Gasteiger partial charge < -0.3 is 19.2 Å². The maximum absolute atomic E-state index is 13.2. The van der Waals surface area contributed by atoms with Crippen molar-refractivity contribution in [3.05, 3.63) is 111 Å². The maximum Gasteiger partial charge on any atom is 0.408 e. The van der Waals surface area contributed by atoms with E-state index in [0.717, 1.165) is 16.5 Å². The molecule has 1 heterocycles. The molecule has 0 saturated heterocycles.